The van der Waals surface area contributed by atoms with Gasteiger partial charge in [-0.1, -0.05) is 31.2 Å². The summed E-state index contributed by atoms with van der Waals surface area (Å²) in [5.74, 6) is -0.139. The van der Waals surface area contributed by atoms with Crippen LogP contribution in [-0.4, -0.2) is 13.0 Å². The average molecular weight is 238 g/mol. The van der Waals surface area contributed by atoms with Gasteiger partial charge in [0.05, 0.1) is 17.2 Å². The Balaban J connectivity index is 2.92. The molecule has 0 bridgehead atoms. The van der Waals surface area contributed by atoms with E-state index in [-0.39, 0.29) is 5.91 Å². The van der Waals surface area contributed by atoms with Crippen molar-refractivity contribution in [1.82, 2.24) is 5.32 Å². The van der Waals surface area contributed by atoms with Crippen molar-refractivity contribution < 1.29 is 4.79 Å². The van der Waals surface area contributed by atoms with E-state index in [9.17, 15) is 10.1 Å². The van der Waals surface area contributed by atoms with Crippen LogP contribution in [0.2, 0.25) is 0 Å². The molecular formula is C15H14N2O. The normalized spacial score (nSPS) is 10.1. The number of hydrogen-bond donors (Lipinski definition) is 1. The van der Waals surface area contributed by atoms with Crippen LogP contribution >= 0.6 is 0 Å². The Hall–Kier alpha value is -2.34. The lowest BCUT2D eigenvalue weighted by Gasteiger charge is -2.12. The van der Waals surface area contributed by atoms with Crippen molar-refractivity contribution in [3.8, 4) is 6.07 Å². The molecule has 0 radical (unpaired) electrons. The van der Waals surface area contributed by atoms with E-state index < -0.39 is 0 Å². The smallest absolute Gasteiger partial charge is 0.251 e. The Morgan fingerprint density at radius 3 is 2.72 bits per heavy atom. The Kier molecular flexibility index (Phi) is 3.29. The van der Waals surface area contributed by atoms with Gasteiger partial charge in [0.1, 0.15) is 0 Å². The zero-order valence-corrected chi connectivity index (χ0v) is 10.4. The van der Waals surface area contributed by atoms with Crippen LogP contribution in [0, 0.1) is 11.3 Å². The van der Waals surface area contributed by atoms with Crippen LogP contribution < -0.4 is 5.32 Å². The van der Waals surface area contributed by atoms with Crippen LogP contribution in [0.4, 0.5) is 0 Å². The van der Waals surface area contributed by atoms with Gasteiger partial charge in [-0.05, 0) is 28.8 Å². The zero-order valence-electron chi connectivity index (χ0n) is 10.4. The van der Waals surface area contributed by atoms with Gasteiger partial charge < -0.3 is 5.32 Å². The number of nitriles is 1. The summed E-state index contributed by atoms with van der Waals surface area (Å²) in [5.41, 5.74) is 2.01. The van der Waals surface area contributed by atoms with Gasteiger partial charge in [-0.3, -0.25) is 4.79 Å². The first kappa shape index (κ1) is 12.1. The Bertz CT molecular complexity index is 653. The van der Waals surface area contributed by atoms with Crippen LogP contribution in [0.3, 0.4) is 0 Å². The molecule has 0 unspecified atom stereocenters. The third-order valence-corrected chi connectivity index (χ3v) is 3.08. The Morgan fingerprint density at radius 1 is 1.39 bits per heavy atom. The monoisotopic (exact) mass is 238 g/mol. The van der Waals surface area contributed by atoms with Crippen molar-refractivity contribution in [2.45, 2.75) is 13.3 Å². The van der Waals surface area contributed by atoms with Crippen molar-refractivity contribution >= 4 is 16.7 Å². The molecule has 0 aliphatic carbocycles. The summed E-state index contributed by atoms with van der Waals surface area (Å²) in [6.45, 7) is 1.96. The van der Waals surface area contributed by atoms with Crippen LogP contribution in [0.15, 0.2) is 30.3 Å². The minimum Gasteiger partial charge on any atom is -0.355 e. The molecule has 0 fully saturated rings. The molecule has 0 saturated carbocycles. The van der Waals surface area contributed by atoms with E-state index in [1.807, 2.05) is 37.3 Å². The molecule has 0 aliphatic rings. The molecule has 2 aromatic rings. The fourth-order valence-electron chi connectivity index (χ4n) is 2.24. The molecule has 0 spiro atoms. The number of rotatable bonds is 2. The Labute approximate surface area is 106 Å². The summed E-state index contributed by atoms with van der Waals surface area (Å²) in [6, 6.07) is 11.7. The molecule has 3 heteroatoms. The first-order valence-corrected chi connectivity index (χ1v) is 5.89. The highest BCUT2D eigenvalue weighted by atomic mass is 16.1. The summed E-state index contributed by atoms with van der Waals surface area (Å²) in [5, 5.41) is 13.7. The molecule has 0 atom stereocenters. The molecule has 2 aromatic carbocycles. The second-order valence-corrected chi connectivity index (χ2v) is 4.04. The van der Waals surface area contributed by atoms with Gasteiger partial charge >= 0.3 is 0 Å². The van der Waals surface area contributed by atoms with Gasteiger partial charge in [0.25, 0.3) is 5.91 Å². The largest absolute Gasteiger partial charge is 0.355 e. The Morgan fingerprint density at radius 2 is 2.11 bits per heavy atom. The van der Waals surface area contributed by atoms with Crippen LogP contribution in [0.25, 0.3) is 10.8 Å². The first-order valence-electron chi connectivity index (χ1n) is 5.89. The van der Waals surface area contributed by atoms with Gasteiger partial charge in [0.2, 0.25) is 0 Å². The molecule has 90 valence electrons. The minimum absolute atomic E-state index is 0.139. The van der Waals surface area contributed by atoms with Gasteiger partial charge in [-0.15, -0.1) is 0 Å². The van der Waals surface area contributed by atoms with Crippen LogP contribution in [-0.2, 0) is 6.42 Å². The third-order valence-electron chi connectivity index (χ3n) is 3.08. The topological polar surface area (TPSA) is 52.9 Å². The molecule has 0 heterocycles. The fourth-order valence-corrected chi connectivity index (χ4v) is 2.24. The number of nitrogens with zero attached hydrogens (tertiary/aromatic N) is 1. The summed E-state index contributed by atoms with van der Waals surface area (Å²) in [6.07, 6.45) is 0.663. The molecule has 1 N–H and O–H groups in total. The van der Waals surface area contributed by atoms with E-state index in [0.29, 0.717) is 17.5 Å². The molecule has 0 saturated heterocycles. The highest BCUT2D eigenvalue weighted by Crippen LogP contribution is 2.26. The van der Waals surface area contributed by atoms with Crippen molar-refractivity contribution in [2.75, 3.05) is 7.05 Å². The van der Waals surface area contributed by atoms with Gasteiger partial charge in [0, 0.05) is 7.05 Å². The molecule has 1 amide bonds. The number of nitrogens with one attached hydrogen (secondary N) is 1. The van der Waals surface area contributed by atoms with Gasteiger partial charge in [-0.2, -0.15) is 5.26 Å². The third kappa shape index (κ3) is 1.82. The predicted molar refractivity (Wildman–Crippen MR) is 71.4 cm³/mol. The number of carbonyl (C=O) groups excluding carboxylic acids is 1. The second-order valence-electron chi connectivity index (χ2n) is 4.04. The summed E-state index contributed by atoms with van der Waals surface area (Å²) >= 11 is 0. The SMILES string of the molecule is CCc1c(C#N)cc2ccccc2c1C(=O)NC. The van der Waals surface area contributed by atoms with Gasteiger partial charge in [0.15, 0.2) is 0 Å². The number of benzene rings is 2. The molecular weight excluding hydrogens is 224 g/mol. The lowest BCUT2D eigenvalue weighted by atomic mass is 9.92. The highest BCUT2D eigenvalue weighted by molar-refractivity contribution is 6.09. The van der Waals surface area contributed by atoms with E-state index in [1.165, 1.54) is 0 Å². The van der Waals surface area contributed by atoms with Crippen LogP contribution in [0.1, 0.15) is 28.4 Å². The zero-order chi connectivity index (χ0) is 13.1. The van der Waals surface area contributed by atoms with Crippen molar-refractivity contribution in [1.29, 1.82) is 5.26 Å². The summed E-state index contributed by atoms with van der Waals surface area (Å²) in [7, 11) is 1.61. The molecule has 3 nitrogen and oxygen atoms in total. The van der Waals surface area contributed by atoms with Gasteiger partial charge in [-0.25, -0.2) is 0 Å². The maximum atomic E-state index is 12.1. The van der Waals surface area contributed by atoms with E-state index in [2.05, 4.69) is 11.4 Å². The molecule has 0 aromatic heterocycles. The lowest BCUT2D eigenvalue weighted by Crippen LogP contribution is -2.20. The lowest BCUT2D eigenvalue weighted by molar-refractivity contribution is 0.0964. The molecule has 2 rings (SSSR count). The van der Waals surface area contributed by atoms with E-state index in [0.717, 1.165) is 16.3 Å². The predicted octanol–water partition coefficient (Wildman–Crippen LogP) is 2.63. The minimum atomic E-state index is -0.139. The van der Waals surface area contributed by atoms with E-state index in [1.54, 1.807) is 7.05 Å². The average Bonchev–Trinajstić information content (AvgIpc) is 2.44. The summed E-state index contributed by atoms with van der Waals surface area (Å²) < 4.78 is 0. The number of carbonyl (C=O) groups is 1. The summed E-state index contributed by atoms with van der Waals surface area (Å²) in [4.78, 5) is 12.1. The van der Waals surface area contributed by atoms with Crippen molar-refractivity contribution in [2.24, 2.45) is 0 Å². The van der Waals surface area contributed by atoms with Crippen molar-refractivity contribution in [3.05, 3.63) is 47.0 Å². The van der Waals surface area contributed by atoms with E-state index >= 15 is 0 Å². The fraction of sp³-hybridized carbons (Fsp3) is 0.200. The molecule has 0 aliphatic heterocycles. The maximum Gasteiger partial charge on any atom is 0.251 e. The second kappa shape index (κ2) is 4.89. The standard InChI is InChI=1S/C15H14N2O/c1-3-12-11(9-16)8-10-6-4-5-7-13(10)14(12)15(18)17-2/h4-8H,3H2,1-2H3,(H,17,18). The maximum absolute atomic E-state index is 12.1. The molecule has 18 heavy (non-hydrogen) atoms. The van der Waals surface area contributed by atoms with Crippen LogP contribution in [0.5, 0.6) is 0 Å². The number of hydrogen-bond acceptors (Lipinski definition) is 2. The van der Waals surface area contributed by atoms with E-state index in [4.69, 9.17) is 0 Å². The highest BCUT2D eigenvalue weighted by Gasteiger charge is 2.16. The number of fused-ring (bicyclic) bond motifs is 1. The first-order chi connectivity index (χ1) is 8.72. The number of amides is 1. The van der Waals surface area contributed by atoms with Crippen molar-refractivity contribution in [3.63, 3.8) is 0 Å². The quantitative estimate of drug-likeness (QED) is 0.874.